The van der Waals surface area contributed by atoms with Gasteiger partial charge in [0.15, 0.2) is 6.10 Å². The summed E-state index contributed by atoms with van der Waals surface area (Å²) in [4.78, 5) is 25.3. The maximum absolute atomic E-state index is 12.7. The van der Waals surface area contributed by atoms with Gasteiger partial charge in [-0.3, -0.25) is 9.59 Å². The Bertz CT molecular complexity index is 954. The van der Waals surface area contributed by atoms with E-state index in [-0.39, 0.29) is 11.8 Å². The Morgan fingerprint density at radius 2 is 1.45 bits per heavy atom. The molecule has 0 saturated heterocycles. The van der Waals surface area contributed by atoms with E-state index >= 15 is 0 Å². The van der Waals surface area contributed by atoms with E-state index in [1.165, 1.54) is 0 Å². The number of hydrogen-bond donors (Lipinski definition) is 1. The molecule has 148 valence electrons. The van der Waals surface area contributed by atoms with Gasteiger partial charge in [-0.2, -0.15) is 0 Å². The van der Waals surface area contributed by atoms with Crippen molar-refractivity contribution in [3.63, 3.8) is 0 Å². The highest BCUT2D eigenvalue weighted by molar-refractivity contribution is 5.98. The predicted molar refractivity (Wildman–Crippen MR) is 116 cm³/mol. The number of carbonyl (C=O) groups is 2. The number of rotatable bonds is 7. The maximum Gasteiger partial charge on any atom is 0.314 e. The van der Waals surface area contributed by atoms with E-state index < -0.39 is 12.1 Å². The van der Waals surface area contributed by atoms with E-state index in [0.717, 1.165) is 16.7 Å². The van der Waals surface area contributed by atoms with Crippen LogP contribution in [0.4, 0.5) is 5.69 Å². The quantitative estimate of drug-likeness (QED) is 0.551. The molecule has 0 bridgehead atoms. The number of esters is 1. The Hall–Kier alpha value is -3.40. The molecule has 0 spiro atoms. The average Bonchev–Trinajstić information content (AvgIpc) is 2.76. The predicted octanol–water partition coefficient (Wildman–Crippen LogP) is 5.42. The van der Waals surface area contributed by atoms with Crippen LogP contribution in [-0.4, -0.2) is 18.0 Å². The maximum atomic E-state index is 12.7. The third-order valence-electron chi connectivity index (χ3n) is 4.83. The fourth-order valence-electron chi connectivity index (χ4n) is 3.23. The Morgan fingerprint density at radius 1 is 0.862 bits per heavy atom. The van der Waals surface area contributed by atoms with Gasteiger partial charge in [0.2, 0.25) is 0 Å². The van der Waals surface area contributed by atoms with E-state index in [4.69, 9.17) is 4.74 Å². The van der Waals surface area contributed by atoms with Crippen LogP contribution in [0.5, 0.6) is 0 Å². The summed E-state index contributed by atoms with van der Waals surface area (Å²) in [5, 5.41) is 2.89. The van der Waals surface area contributed by atoms with Crippen molar-refractivity contribution in [3.05, 3.63) is 90.5 Å². The molecule has 0 aliphatic rings. The van der Waals surface area contributed by atoms with Crippen LogP contribution in [-0.2, 0) is 14.3 Å². The standard InChI is InChI=1S/C25H25NO3/c1-3-21(19-12-6-4-7-13-19)25(28)29-18(2)24(27)26-23-17-11-10-16-22(23)20-14-8-5-9-15-20/h4-18,21H,3H2,1-2H3,(H,26,27)/t18-,21-/m0/s1. The van der Waals surface area contributed by atoms with Crippen LogP contribution in [0.25, 0.3) is 11.1 Å². The molecule has 1 N–H and O–H groups in total. The minimum atomic E-state index is -0.899. The molecule has 3 aromatic carbocycles. The van der Waals surface area contributed by atoms with E-state index in [9.17, 15) is 9.59 Å². The third-order valence-corrected chi connectivity index (χ3v) is 4.83. The van der Waals surface area contributed by atoms with E-state index in [0.29, 0.717) is 12.1 Å². The molecule has 0 aliphatic heterocycles. The highest BCUT2D eigenvalue weighted by Crippen LogP contribution is 2.28. The number of carbonyl (C=O) groups excluding carboxylic acids is 2. The number of anilines is 1. The van der Waals surface area contributed by atoms with Gasteiger partial charge in [0.05, 0.1) is 5.92 Å². The number of hydrogen-bond acceptors (Lipinski definition) is 3. The smallest absolute Gasteiger partial charge is 0.314 e. The number of nitrogens with one attached hydrogen (secondary N) is 1. The zero-order valence-electron chi connectivity index (χ0n) is 16.7. The molecular formula is C25H25NO3. The zero-order valence-corrected chi connectivity index (χ0v) is 16.7. The average molecular weight is 387 g/mol. The van der Waals surface area contributed by atoms with E-state index in [1.54, 1.807) is 6.92 Å². The van der Waals surface area contributed by atoms with Crippen molar-refractivity contribution in [2.75, 3.05) is 5.32 Å². The second kappa shape index (κ2) is 9.69. The van der Waals surface area contributed by atoms with Crippen LogP contribution in [0.2, 0.25) is 0 Å². The first-order valence-corrected chi connectivity index (χ1v) is 9.81. The molecule has 4 heteroatoms. The van der Waals surface area contributed by atoms with Gasteiger partial charge >= 0.3 is 5.97 Å². The number of amides is 1. The summed E-state index contributed by atoms with van der Waals surface area (Å²) in [5.41, 5.74) is 3.49. The lowest BCUT2D eigenvalue weighted by molar-refractivity contribution is -0.154. The monoisotopic (exact) mass is 387 g/mol. The lowest BCUT2D eigenvalue weighted by Gasteiger charge is -2.19. The van der Waals surface area contributed by atoms with E-state index in [2.05, 4.69) is 5.32 Å². The van der Waals surface area contributed by atoms with Gasteiger partial charge in [-0.05, 0) is 30.5 Å². The first-order chi connectivity index (χ1) is 14.1. The highest BCUT2D eigenvalue weighted by Gasteiger charge is 2.25. The molecule has 29 heavy (non-hydrogen) atoms. The summed E-state index contributed by atoms with van der Waals surface area (Å²) >= 11 is 0. The number of ether oxygens (including phenoxy) is 1. The van der Waals surface area contributed by atoms with E-state index in [1.807, 2.05) is 91.9 Å². The molecule has 3 rings (SSSR count). The Labute approximate surface area is 171 Å². The lowest BCUT2D eigenvalue weighted by Crippen LogP contribution is -2.32. The lowest BCUT2D eigenvalue weighted by atomic mass is 9.97. The van der Waals surface area contributed by atoms with Crippen molar-refractivity contribution < 1.29 is 14.3 Å². The number of benzene rings is 3. The van der Waals surface area contributed by atoms with Gasteiger partial charge in [0, 0.05) is 11.3 Å². The largest absolute Gasteiger partial charge is 0.452 e. The van der Waals surface area contributed by atoms with Gasteiger partial charge in [-0.1, -0.05) is 85.8 Å². The van der Waals surface area contributed by atoms with Crippen molar-refractivity contribution in [1.82, 2.24) is 0 Å². The summed E-state index contributed by atoms with van der Waals surface area (Å²) < 4.78 is 5.49. The molecule has 1 amide bonds. The van der Waals surface area contributed by atoms with Crippen LogP contribution in [0.15, 0.2) is 84.9 Å². The molecular weight excluding hydrogens is 362 g/mol. The summed E-state index contributed by atoms with van der Waals surface area (Å²) in [5.74, 6) is -1.13. The molecule has 3 aromatic rings. The highest BCUT2D eigenvalue weighted by atomic mass is 16.5. The van der Waals surface area contributed by atoms with Crippen molar-refractivity contribution in [1.29, 1.82) is 0 Å². The Morgan fingerprint density at radius 3 is 2.10 bits per heavy atom. The van der Waals surface area contributed by atoms with Crippen molar-refractivity contribution in [3.8, 4) is 11.1 Å². The molecule has 0 unspecified atom stereocenters. The SMILES string of the molecule is CC[C@H](C(=O)O[C@@H](C)C(=O)Nc1ccccc1-c1ccccc1)c1ccccc1. The van der Waals surface area contributed by atoms with Gasteiger partial charge in [0.25, 0.3) is 5.91 Å². The fraction of sp³-hybridized carbons (Fsp3) is 0.200. The molecule has 0 aromatic heterocycles. The van der Waals surface area contributed by atoms with Crippen molar-refractivity contribution in [2.45, 2.75) is 32.3 Å². The van der Waals surface area contributed by atoms with Gasteiger partial charge in [0.1, 0.15) is 0 Å². The first-order valence-electron chi connectivity index (χ1n) is 9.81. The topological polar surface area (TPSA) is 55.4 Å². The normalized spacial score (nSPS) is 12.6. The second-order valence-corrected chi connectivity index (χ2v) is 6.85. The molecule has 0 saturated carbocycles. The Balaban J connectivity index is 1.69. The molecule has 0 heterocycles. The molecule has 0 fully saturated rings. The van der Waals surface area contributed by atoms with Crippen molar-refractivity contribution >= 4 is 17.6 Å². The van der Waals surface area contributed by atoms with Gasteiger partial charge in [-0.15, -0.1) is 0 Å². The zero-order chi connectivity index (χ0) is 20.6. The minimum Gasteiger partial charge on any atom is -0.452 e. The molecule has 2 atom stereocenters. The Kier molecular flexibility index (Phi) is 6.80. The summed E-state index contributed by atoms with van der Waals surface area (Å²) in [6.45, 7) is 3.52. The molecule has 0 radical (unpaired) electrons. The second-order valence-electron chi connectivity index (χ2n) is 6.85. The van der Waals surface area contributed by atoms with Crippen LogP contribution in [0.3, 0.4) is 0 Å². The fourth-order valence-corrected chi connectivity index (χ4v) is 3.23. The summed E-state index contributed by atoms with van der Waals surface area (Å²) in [7, 11) is 0. The molecule has 4 nitrogen and oxygen atoms in total. The van der Waals surface area contributed by atoms with Crippen molar-refractivity contribution in [2.24, 2.45) is 0 Å². The molecule has 0 aliphatic carbocycles. The van der Waals surface area contributed by atoms with Gasteiger partial charge < -0.3 is 10.1 Å². The number of para-hydroxylation sites is 1. The van der Waals surface area contributed by atoms with Crippen LogP contribution in [0.1, 0.15) is 31.7 Å². The summed E-state index contributed by atoms with van der Waals surface area (Å²) in [6, 6.07) is 26.9. The van der Waals surface area contributed by atoms with Crippen LogP contribution < -0.4 is 5.32 Å². The van der Waals surface area contributed by atoms with Crippen LogP contribution >= 0.6 is 0 Å². The van der Waals surface area contributed by atoms with Gasteiger partial charge in [-0.25, -0.2) is 0 Å². The minimum absolute atomic E-state index is 0.357. The first kappa shape index (κ1) is 20.3. The van der Waals surface area contributed by atoms with Crippen LogP contribution in [0, 0.1) is 0 Å². The third kappa shape index (κ3) is 5.11. The summed E-state index contributed by atoms with van der Waals surface area (Å²) in [6.07, 6.45) is -0.294.